The van der Waals surface area contributed by atoms with Gasteiger partial charge in [-0.3, -0.25) is 9.69 Å². The molecule has 0 N–H and O–H groups in total. The predicted octanol–water partition coefficient (Wildman–Crippen LogP) is 3.00. The van der Waals surface area contributed by atoms with E-state index in [9.17, 15) is 4.79 Å². The van der Waals surface area contributed by atoms with Crippen molar-refractivity contribution in [3.8, 4) is 0 Å². The zero-order chi connectivity index (χ0) is 13.9. The van der Waals surface area contributed by atoms with Crippen molar-refractivity contribution in [2.45, 2.75) is 12.5 Å². The van der Waals surface area contributed by atoms with Gasteiger partial charge in [-0.1, -0.05) is 42.5 Å². The molecule has 1 aliphatic heterocycles. The molecule has 2 nitrogen and oxygen atoms in total. The van der Waals surface area contributed by atoms with E-state index in [1.165, 1.54) is 10.8 Å². The van der Waals surface area contributed by atoms with E-state index in [0.29, 0.717) is 12.2 Å². The zero-order valence-electron chi connectivity index (χ0n) is 11.7. The molecule has 0 amide bonds. The summed E-state index contributed by atoms with van der Waals surface area (Å²) in [5, 5.41) is 2.42. The number of benzene rings is 2. The van der Waals surface area contributed by atoms with Crippen LogP contribution in [0.25, 0.3) is 10.8 Å². The van der Waals surface area contributed by atoms with E-state index in [1.54, 1.807) is 0 Å². The molecule has 104 valence electrons. The predicted molar refractivity (Wildman–Crippen MR) is 86.4 cm³/mol. The highest BCUT2D eigenvalue weighted by Crippen LogP contribution is 2.22. The van der Waals surface area contributed by atoms with Crippen molar-refractivity contribution in [3.05, 3.63) is 48.0 Å². The molecule has 0 saturated carbocycles. The van der Waals surface area contributed by atoms with Gasteiger partial charge in [0.15, 0.2) is 5.78 Å². The maximum atomic E-state index is 12.6. The van der Waals surface area contributed by atoms with Gasteiger partial charge in [-0.2, -0.15) is 11.8 Å². The third-order valence-corrected chi connectivity index (χ3v) is 5.04. The third kappa shape index (κ3) is 2.74. The van der Waals surface area contributed by atoms with Gasteiger partial charge in [0, 0.05) is 24.5 Å². The Morgan fingerprint density at radius 2 is 2.05 bits per heavy atom. The van der Waals surface area contributed by atoms with Crippen molar-refractivity contribution >= 4 is 28.3 Å². The largest absolute Gasteiger partial charge is 0.298 e. The van der Waals surface area contributed by atoms with Crippen LogP contribution in [0.15, 0.2) is 42.5 Å². The first-order chi connectivity index (χ1) is 9.75. The molecule has 1 fully saturated rings. The van der Waals surface area contributed by atoms with Crippen LogP contribution in [-0.4, -0.2) is 41.8 Å². The van der Waals surface area contributed by atoms with Crippen molar-refractivity contribution in [2.75, 3.05) is 25.1 Å². The van der Waals surface area contributed by atoms with Gasteiger partial charge in [0.05, 0.1) is 6.04 Å². The van der Waals surface area contributed by atoms with Gasteiger partial charge in [-0.25, -0.2) is 0 Å². The second-order valence-electron chi connectivity index (χ2n) is 5.35. The molecule has 0 spiro atoms. The molecule has 2 aromatic carbocycles. The van der Waals surface area contributed by atoms with E-state index < -0.39 is 0 Å². The summed E-state index contributed by atoms with van der Waals surface area (Å²) in [6.07, 6.45) is 0.539. The third-order valence-electron chi connectivity index (χ3n) is 4.01. The van der Waals surface area contributed by atoms with E-state index in [1.807, 2.05) is 30.0 Å². The van der Waals surface area contributed by atoms with Crippen molar-refractivity contribution < 1.29 is 4.79 Å². The highest BCUT2D eigenvalue weighted by Gasteiger charge is 2.26. The number of nitrogens with zero attached hydrogens (tertiary/aromatic N) is 1. The van der Waals surface area contributed by atoms with Crippen LogP contribution in [0.5, 0.6) is 0 Å². The minimum absolute atomic E-state index is 0.0766. The second kappa shape index (κ2) is 5.98. The molecule has 0 radical (unpaired) electrons. The van der Waals surface area contributed by atoms with Crippen molar-refractivity contribution in [2.24, 2.45) is 0 Å². The summed E-state index contributed by atoms with van der Waals surface area (Å²) in [5.41, 5.74) is 1.15. The summed E-state index contributed by atoms with van der Waals surface area (Å²) in [4.78, 5) is 14.8. The normalized spacial score (nSPS) is 20.1. The van der Waals surface area contributed by atoms with Crippen LogP contribution in [0.3, 0.4) is 0 Å². The molecule has 0 aliphatic carbocycles. The van der Waals surface area contributed by atoms with Crippen LogP contribution >= 0.6 is 11.8 Å². The lowest BCUT2D eigenvalue weighted by Gasteiger charge is -2.31. The Bertz CT molecular complexity index is 620. The summed E-state index contributed by atoms with van der Waals surface area (Å²) in [5.74, 6) is 2.41. The van der Waals surface area contributed by atoms with E-state index in [0.717, 1.165) is 23.6 Å². The van der Waals surface area contributed by atoms with Gasteiger partial charge in [-0.05, 0) is 23.4 Å². The topological polar surface area (TPSA) is 20.3 Å². The fraction of sp³-hybridized carbons (Fsp3) is 0.353. The van der Waals surface area contributed by atoms with E-state index in [-0.39, 0.29) is 6.04 Å². The summed E-state index contributed by atoms with van der Waals surface area (Å²) >= 11 is 1.89. The lowest BCUT2D eigenvalue weighted by Crippen LogP contribution is -2.45. The fourth-order valence-electron chi connectivity index (χ4n) is 2.78. The number of thioether (sulfide) groups is 1. The molecule has 20 heavy (non-hydrogen) atoms. The molecule has 1 unspecified atom stereocenters. The first kappa shape index (κ1) is 13.7. The Labute approximate surface area is 124 Å². The number of Topliss-reactive ketones (excluding diaryl/α,β-unsaturated/α-hetero) is 1. The molecule has 0 aromatic heterocycles. The van der Waals surface area contributed by atoms with Crippen LogP contribution in [0, 0.1) is 0 Å². The van der Waals surface area contributed by atoms with Gasteiger partial charge in [-0.15, -0.1) is 0 Å². The van der Waals surface area contributed by atoms with E-state index >= 15 is 0 Å². The number of rotatable bonds is 3. The Balaban J connectivity index is 1.84. The van der Waals surface area contributed by atoms with E-state index in [4.69, 9.17) is 0 Å². The second-order valence-corrected chi connectivity index (χ2v) is 6.50. The number of carbonyl (C=O) groups excluding carboxylic acids is 1. The van der Waals surface area contributed by atoms with Gasteiger partial charge in [0.1, 0.15) is 0 Å². The summed E-state index contributed by atoms with van der Waals surface area (Å²) in [7, 11) is 2.06. The smallest absolute Gasteiger partial charge is 0.155 e. The fourth-order valence-corrected chi connectivity index (χ4v) is 4.02. The Kier molecular flexibility index (Phi) is 4.08. The highest BCUT2D eigenvalue weighted by atomic mass is 32.2. The lowest BCUT2D eigenvalue weighted by molar-refractivity contribution is -0.122. The summed E-state index contributed by atoms with van der Waals surface area (Å²) in [6.45, 7) is 1.01. The van der Waals surface area contributed by atoms with Crippen LogP contribution in [0.1, 0.15) is 5.56 Å². The lowest BCUT2D eigenvalue weighted by atomic mass is 9.98. The zero-order valence-corrected chi connectivity index (χ0v) is 12.5. The Morgan fingerprint density at radius 1 is 1.25 bits per heavy atom. The number of hydrogen-bond acceptors (Lipinski definition) is 3. The maximum Gasteiger partial charge on any atom is 0.155 e. The van der Waals surface area contributed by atoms with Gasteiger partial charge >= 0.3 is 0 Å². The molecular weight excluding hydrogens is 266 g/mol. The molecule has 1 saturated heterocycles. The molecular formula is C17H19NOS. The van der Waals surface area contributed by atoms with Crippen LogP contribution in [-0.2, 0) is 11.2 Å². The Hall–Kier alpha value is -1.32. The average molecular weight is 285 g/mol. The van der Waals surface area contributed by atoms with Gasteiger partial charge in [0.25, 0.3) is 0 Å². The first-order valence-electron chi connectivity index (χ1n) is 7.03. The van der Waals surface area contributed by atoms with Crippen molar-refractivity contribution in [1.29, 1.82) is 0 Å². The summed E-state index contributed by atoms with van der Waals surface area (Å²) < 4.78 is 0. The first-order valence-corrected chi connectivity index (χ1v) is 8.18. The van der Waals surface area contributed by atoms with Crippen LogP contribution < -0.4 is 0 Å². The quantitative estimate of drug-likeness (QED) is 0.864. The number of fused-ring (bicyclic) bond motifs is 1. The van der Waals surface area contributed by atoms with Gasteiger partial charge in [0.2, 0.25) is 0 Å². The van der Waals surface area contributed by atoms with Crippen molar-refractivity contribution in [3.63, 3.8) is 0 Å². The van der Waals surface area contributed by atoms with Gasteiger partial charge < -0.3 is 0 Å². The molecule has 0 bridgehead atoms. The van der Waals surface area contributed by atoms with Crippen LogP contribution in [0.2, 0.25) is 0 Å². The molecule has 3 heteroatoms. The number of ketones is 1. The molecule has 1 aliphatic rings. The van der Waals surface area contributed by atoms with E-state index in [2.05, 4.69) is 36.2 Å². The number of likely N-dealkylation sites (N-methyl/N-ethyl adjacent to an activating group) is 1. The van der Waals surface area contributed by atoms with Crippen LogP contribution in [0.4, 0.5) is 0 Å². The molecule has 2 aromatic rings. The SMILES string of the molecule is CN1CCSCC1C(=O)Cc1cccc2ccccc12. The number of hydrogen-bond donors (Lipinski definition) is 0. The summed E-state index contributed by atoms with van der Waals surface area (Å²) in [6, 6.07) is 14.6. The standard InChI is InChI=1S/C17H19NOS/c1-18-9-10-20-12-16(18)17(19)11-14-7-4-6-13-5-2-3-8-15(13)14/h2-8,16H,9-12H2,1H3. The minimum atomic E-state index is 0.0766. The highest BCUT2D eigenvalue weighted by molar-refractivity contribution is 7.99. The molecule has 3 rings (SSSR count). The average Bonchev–Trinajstić information content (AvgIpc) is 2.48. The maximum absolute atomic E-state index is 12.6. The minimum Gasteiger partial charge on any atom is -0.298 e. The number of carbonyl (C=O) groups is 1. The Morgan fingerprint density at radius 3 is 2.90 bits per heavy atom. The molecule has 1 atom stereocenters. The molecule has 1 heterocycles. The van der Waals surface area contributed by atoms with Crippen molar-refractivity contribution in [1.82, 2.24) is 4.90 Å². The monoisotopic (exact) mass is 285 g/mol.